The number of hydrogen-bond donors (Lipinski definition) is 28. The molecular formula is C70H121N23O27. The van der Waals surface area contributed by atoms with E-state index in [-0.39, 0.29) is 70.5 Å². The lowest BCUT2D eigenvalue weighted by Gasteiger charge is -2.29. The Balaban J connectivity index is 7.05. The van der Waals surface area contributed by atoms with Crippen molar-refractivity contribution >= 4 is 130 Å². The number of carboxylic acid groups (broad SMARTS) is 4. The normalized spacial score (nSPS) is 14.5. The summed E-state index contributed by atoms with van der Waals surface area (Å²) in [6.45, 7) is 4.80. The Kier molecular flexibility index (Phi) is 52.1. The predicted octanol–water partition coefficient (Wildman–Crippen LogP) is -11.8. The van der Waals surface area contributed by atoms with Crippen molar-refractivity contribution in [3.63, 3.8) is 0 Å². The molecular weight excluding hydrogens is 1590 g/mol. The van der Waals surface area contributed by atoms with Crippen LogP contribution in [0.4, 0.5) is 0 Å². The smallest absolute Gasteiger partial charge is 0.326 e. The number of aliphatic imine (C=N–C) groups is 1. The average Bonchev–Trinajstić information content (AvgIpc) is 0.862. The summed E-state index contributed by atoms with van der Waals surface area (Å²) in [5, 5.41) is 91.2. The van der Waals surface area contributed by atoms with Crippen molar-refractivity contribution in [1.29, 1.82) is 0 Å². The average molecular weight is 1720 g/mol. The quantitative estimate of drug-likeness (QED) is 0.0153. The number of unbranched alkanes of at least 4 members (excludes halogenated alkanes) is 2. The van der Waals surface area contributed by atoms with Crippen LogP contribution in [0.2, 0.25) is 0 Å². The molecule has 0 bridgehead atoms. The van der Waals surface area contributed by atoms with Crippen molar-refractivity contribution in [3.05, 3.63) is 0 Å². The first kappa shape index (κ1) is 108. The number of carbonyl (C=O) groups excluding carboxylic acids is 17. The molecule has 0 rings (SSSR count). The van der Waals surface area contributed by atoms with E-state index in [0.717, 1.165) is 6.92 Å². The third-order valence-electron chi connectivity index (χ3n) is 17.4. The number of amides is 17. The molecule has 0 aliphatic rings. The van der Waals surface area contributed by atoms with Crippen molar-refractivity contribution in [1.82, 2.24) is 74.4 Å². The molecule has 0 aromatic carbocycles. The molecule has 0 aromatic heterocycles. The molecule has 50 nitrogen and oxygen atoms in total. The number of primary amides is 3. The van der Waals surface area contributed by atoms with Gasteiger partial charge in [-0.25, -0.2) is 4.79 Å². The molecule has 0 fully saturated rings. The van der Waals surface area contributed by atoms with E-state index in [2.05, 4.69) is 68.8 Å². The first-order valence-electron chi connectivity index (χ1n) is 38.6. The van der Waals surface area contributed by atoms with E-state index >= 15 is 0 Å². The van der Waals surface area contributed by atoms with Gasteiger partial charge >= 0.3 is 23.9 Å². The van der Waals surface area contributed by atoms with Gasteiger partial charge in [0.25, 0.3) is 0 Å². The van der Waals surface area contributed by atoms with Gasteiger partial charge in [-0.15, -0.1) is 0 Å². The monoisotopic (exact) mass is 1720 g/mol. The van der Waals surface area contributed by atoms with Crippen LogP contribution in [0.15, 0.2) is 4.99 Å². The number of carboxylic acids is 4. The third-order valence-corrected chi connectivity index (χ3v) is 17.4. The summed E-state index contributed by atoms with van der Waals surface area (Å²) in [7, 11) is 0. The molecule has 0 aliphatic heterocycles. The molecule has 36 N–H and O–H groups in total. The zero-order valence-electron chi connectivity index (χ0n) is 67.7. The first-order valence-corrected chi connectivity index (χ1v) is 38.6. The molecule has 0 aromatic rings. The molecule has 0 saturated heterocycles. The zero-order chi connectivity index (χ0) is 91.6. The van der Waals surface area contributed by atoms with Crippen LogP contribution >= 0.6 is 0 Å². The number of rotatable bonds is 64. The van der Waals surface area contributed by atoms with Crippen LogP contribution in [0.1, 0.15) is 169 Å². The number of aliphatic carboxylic acids is 4. The second-order valence-corrected chi connectivity index (χ2v) is 28.8. The maximum absolute atomic E-state index is 14.3. The molecule has 0 heterocycles. The summed E-state index contributed by atoms with van der Waals surface area (Å²) in [6, 6.07) is -22.6. The molecule has 17 amide bonds. The Bertz CT molecular complexity index is 3550. The van der Waals surface area contributed by atoms with Gasteiger partial charge in [-0.3, -0.25) is 101 Å². The molecule has 678 valence electrons. The Labute approximate surface area is 689 Å². The number of guanidine groups is 1. The van der Waals surface area contributed by atoms with Gasteiger partial charge in [0.1, 0.15) is 72.5 Å². The molecule has 14 atom stereocenters. The predicted molar refractivity (Wildman–Crippen MR) is 419 cm³/mol. The number of hydrogen-bond acceptors (Lipinski definition) is 27. The second-order valence-electron chi connectivity index (χ2n) is 28.8. The first-order chi connectivity index (χ1) is 56.2. The molecule has 0 unspecified atom stereocenters. The molecule has 0 aliphatic carbocycles. The lowest BCUT2D eigenvalue weighted by atomic mass is 10.0. The van der Waals surface area contributed by atoms with Crippen LogP contribution in [0.5, 0.6) is 0 Å². The number of nitrogens with one attached hydrogen (secondary N) is 14. The highest BCUT2D eigenvalue weighted by Crippen LogP contribution is 2.14. The summed E-state index contributed by atoms with van der Waals surface area (Å²) < 4.78 is 0. The lowest BCUT2D eigenvalue weighted by Crippen LogP contribution is -2.62. The fraction of sp³-hybridized carbons (Fsp3) is 0.686. The van der Waals surface area contributed by atoms with Gasteiger partial charge in [0, 0.05) is 38.6 Å². The Morgan fingerprint density at radius 2 is 0.650 bits per heavy atom. The minimum Gasteiger partial charge on any atom is -0.481 e. The molecule has 0 radical (unpaired) electrons. The largest absolute Gasteiger partial charge is 0.481 e. The summed E-state index contributed by atoms with van der Waals surface area (Å²) in [5.41, 5.74) is 44.0. The van der Waals surface area contributed by atoms with Gasteiger partial charge in [0.15, 0.2) is 5.96 Å². The van der Waals surface area contributed by atoms with Gasteiger partial charge < -0.3 is 151 Å². The number of nitrogens with two attached hydrogens (primary N) is 8. The highest BCUT2D eigenvalue weighted by atomic mass is 16.4. The van der Waals surface area contributed by atoms with Crippen LogP contribution in [0, 0.1) is 11.8 Å². The van der Waals surface area contributed by atoms with E-state index in [1.807, 2.05) is 10.6 Å². The third kappa shape index (κ3) is 46.8. The van der Waals surface area contributed by atoms with Crippen molar-refractivity contribution < 1.29 is 131 Å². The van der Waals surface area contributed by atoms with E-state index < -0.39 is 318 Å². The van der Waals surface area contributed by atoms with Crippen molar-refractivity contribution in [2.45, 2.75) is 254 Å². The van der Waals surface area contributed by atoms with Gasteiger partial charge in [0.05, 0.1) is 38.3 Å². The van der Waals surface area contributed by atoms with E-state index in [4.69, 9.17) is 51.0 Å². The standard InChI is InChI=1S/C70H121N23O27/c1-33(2)27-44(66(116)93-56(35(5)95)68(118)89-38(12-7-9-25-72)60(110)85-37(11-6-8-24-71)58(108)80-31-52(100)83-46(69(119)120)28-34(3)4)90-64(114)43(18-23-54(103)104)88-62(112)41(16-20-49(75)97)82-51(99)30-81-59(109)40(15-19-48(74)96)87-61(111)39(13-10-26-79-70(77)78)86-67(117)47(32-94)92-65(115)45(29-55(105)106)91-63(113)42(17-21-50(76)98)84-57(107)36(73)14-22-53(101)102/h33-47,56,94-95H,6-32,71-73H2,1-5H3,(H2,74,96)(H2,75,97)(H2,76,98)(H,80,108)(H,81,109)(H,82,99)(H,83,100)(H,84,107)(H,85,110)(H,86,117)(H,87,111)(H,88,112)(H,89,118)(H,90,114)(H,91,113)(H,92,115)(H,93,116)(H,101,102)(H,103,104)(H,105,106)(H,119,120)(H4,77,78,79)/t35-,36+,37+,38+,39+,40+,41+,42+,43+,44+,45+,46+,47+,56+/m1/s1. The fourth-order valence-electron chi connectivity index (χ4n) is 11.1. The number of carbonyl (C=O) groups is 21. The Morgan fingerprint density at radius 1 is 0.333 bits per heavy atom. The topological polar surface area (TPSA) is 869 Å². The maximum Gasteiger partial charge on any atom is 0.326 e. The van der Waals surface area contributed by atoms with E-state index in [0.29, 0.717) is 12.8 Å². The summed E-state index contributed by atoms with van der Waals surface area (Å²) in [6.07, 6.45) is -8.98. The van der Waals surface area contributed by atoms with Crippen LogP contribution in [0.25, 0.3) is 0 Å². The lowest BCUT2D eigenvalue weighted by molar-refractivity contribution is -0.142. The van der Waals surface area contributed by atoms with Crippen LogP contribution < -0.4 is 120 Å². The van der Waals surface area contributed by atoms with E-state index in [1.165, 1.54) is 0 Å². The molecule has 0 spiro atoms. The van der Waals surface area contributed by atoms with Crippen LogP contribution in [0.3, 0.4) is 0 Å². The fourth-order valence-corrected chi connectivity index (χ4v) is 11.1. The molecule has 0 saturated carbocycles. The minimum atomic E-state index is -2.13. The highest BCUT2D eigenvalue weighted by Gasteiger charge is 2.39. The van der Waals surface area contributed by atoms with E-state index in [9.17, 15) is 126 Å². The minimum absolute atomic E-state index is 0.0277. The molecule has 50 heteroatoms. The van der Waals surface area contributed by atoms with Crippen LogP contribution in [-0.4, -0.2) is 285 Å². The van der Waals surface area contributed by atoms with Crippen molar-refractivity contribution in [3.8, 4) is 0 Å². The second kappa shape index (κ2) is 57.9. The summed E-state index contributed by atoms with van der Waals surface area (Å²) in [4.78, 5) is 280. The van der Waals surface area contributed by atoms with Gasteiger partial charge in [-0.1, -0.05) is 27.7 Å². The maximum atomic E-state index is 14.3. The van der Waals surface area contributed by atoms with Gasteiger partial charge in [-0.05, 0) is 128 Å². The van der Waals surface area contributed by atoms with E-state index in [1.54, 1.807) is 27.7 Å². The van der Waals surface area contributed by atoms with Crippen molar-refractivity contribution in [2.75, 3.05) is 39.3 Å². The number of aliphatic hydroxyl groups excluding tert-OH is 2. The van der Waals surface area contributed by atoms with Crippen LogP contribution in [-0.2, 0) is 101 Å². The Hall–Kier alpha value is -12.1. The summed E-state index contributed by atoms with van der Waals surface area (Å²) >= 11 is 0. The van der Waals surface area contributed by atoms with Crippen molar-refractivity contribution in [2.24, 2.45) is 62.7 Å². The SMILES string of the molecule is CC(C)C[C@H](NC(=O)CNC(=O)[C@H](CCCCN)NC(=O)[C@H](CCCCN)NC(=O)[C@@H](NC(=O)[C@H](CC(C)C)NC(=O)[C@H](CCC(=O)O)NC(=O)[C@H](CCC(N)=O)NC(=O)CNC(=O)[C@H](CCC(N)=O)NC(=O)[C@H](CCCN=C(N)N)NC(=O)[C@H](CO)NC(=O)[C@H](CC(=O)O)NC(=O)[C@H](CCC(N)=O)NC(=O)[C@@H](N)CCC(=O)O)[C@@H](C)O)C(=O)O. The van der Waals surface area contributed by atoms with Gasteiger partial charge in [-0.2, -0.15) is 0 Å². The number of nitrogens with zero attached hydrogens (tertiary/aromatic N) is 1. The zero-order valence-corrected chi connectivity index (χ0v) is 67.7. The Morgan fingerprint density at radius 3 is 1.03 bits per heavy atom. The van der Waals surface area contributed by atoms with Gasteiger partial charge in [0.2, 0.25) is 100 Å². The molecule has 120 heavy (non-hydrogen) atoms. The number of aliphatic hydroxyl groups is 2. The highest BCUT2D eigenvalue weighted by molar-refractivity contribution is 6.01. The summed E-state index contributed by atoms with van der Waals surface area (Å²) in [5.74, 6) is -26.5.